The summed E-state index contributed by atoms with van der Waals surface area (Å²) in [6.07, 6.45) is 10.5. The van der Waals surface area contributed by atoms with E-state index in [1.807, 2.05) is 58.1 Å². The molecule has 0 spiro atoms. The fourth-order valence-electron chi connectivity index (χ4n) is 10.9. The maximum absolute atomic E-state index is 14.5. The van der Waals surface area contributed by atoms with Crippen molar-refractivity contribution in [2.75, 3.05) is 34.5 Å². The molecule has 1 aliphatic carbocycles. The summed E-state index contributed by atoms with van der Waals surface area (Å²) in [6, 6.07) is -1.17. The number of cyclic esters (lactones) is 1. The van der Waals surface area contributed by atoms with E-state index < -0.39 is 103 Å². The largest absolute Gasteiger partial charge is 0.460 e. The Kier molecular flexibility index (Phi) is 23.9. The quantitative estimate of drug-likeness (QED) is 0.0910. The highest BCUT2D eigenvalue weighted by molar-refractivity contribution is 7.53. The number of aliphatic hydroxyl groups excluding tert-OH is 1. The molecule has 1 amide bonds. The Morgan fingerprint density at radius 2 is 1.56 bits per heavy atom. The first-order valence-electron chi connectivity index (χ1n) is 26.3. The SMILES string of the molecule is CO[C@H]1C[C@@H]2CC[C@@H](C)[C@@](O)(O2)C(=O)C(=O)N2CCCC[C@H]2C(=O)OC([C@H](C)CC2CC[C@@H](OP(C)(=O)OC(C)C)[C@H](OC)C2)CC(=O)[C@H](C)/C=C(\C)[C@@H](O)[C@@H](OC)C(=O)[C@H](C)C[C@H](C)/C=C/C=CC=C1C. The average Bonchev–Trinajstić information content (AvgIpc) is 3.32. The summed E-state index contributed by atoms with van der Waals surface area (Å²) in [5.74, 6) is -8.28. The van der Waals surface area contributed by atoms with Crippen molar-refractivity contribution in [2.24, 2.45) is 35.5 Å². The van der Waals surface area contributed by atoms with Crippen molar-refractivity contribution in [1.29, 1.82) is 0 Å². The van der Waals surface area contributed by atoms with E-state index >= 15 is 0 Å². The Morgan fingerprint density at radius 1 is 0.847 bits per heavy atom. The number of carbonyl (C=O) groups excluding carboxylic acids is 5. The van der Waals surface area contributed by atoms with Gasteiger partial charge in [-0.3, -0.25) is 23.7 Å². The van der Waals surface area contributed by atoms with E-state index in [2.05, 4.69) is 0 Å². The number of ether oxygens (including phenoxy) is 5. The molecule has 16 nitrogen and oxygen atoms in total. The van der Waals surface area contributed by atoms with Crippen molar-refractivity contribution in [2.45, 2.75) is 200 Å². The van der Waals surface area contributed by atoms with Gasteiger partial charge in [0, 0.05) is 65.1 Å². The lowest BCUT2D eigenvalue weighted by Gasteiger charge is -2.42. The molecule has 3 unspecified atom stereocenters. The second-order valence-corrected chi connectivity index (χ2v) is 23.6. The van der Waals surface area contributed by atoms with Crippen LogP contribution in [0.2, 0.25) is 0 Å². The number of aliphatic hydroxyl groups is 2. The number of piperidine rings is 1. The number of hydrogen-bond acceptors (Lipinski definition) is 15. The Morgan fingerprint density at radius 3 is 2.21 bits per heavy atom. The van der Waals surface area contributed by atoms with Crippen molar-refractivity contribution < 1.29 is 71.5 Å². The molecule has 2 saturated heterocycles. The van der Waals surface area contributed by atoms with E-state index in [1.54, 1.807) is 54.9 Å². The van der Waals surface area contributed by atoms with Gasteiger partial charge in [0.15, 0.2) is 5.78 Å². The fourth-order valence-corrected chi connectivity index (χ4v) is 12.4. The summed E-state index contributed by atoms with van der Waals surface area (Å²) in [7, 11) is 1.15. The molecule has 2 bridgehead atoms. The Hall–Kier alpha value is -3.18. The summed E-state index contributed by atoms with van der Waals surface area (Å²) >= 11 is 0. The molecule has 4 aliphatic rings. The van der Waals surface area contributed by atoms with Gasteiger partial charge < -0.3 is 47.8 Å². The number of nitrogens with zero attached hydrogens (tertiary/aromatic N) is 1. The van der Waals surface area contributed by atoms with Crippen molar-refractivity contribution >= 4 is 36.8 Å². The Labute approximate surface area is 429 Å². The van der Waals surface area contributed by atoms with E-state index in [-0.39, 0.29) is 48.9 Å². The van der Waals surface area contributed by atoms with Gasteiger partial charge in [0.05, 0.1) is 30.5 Å². The number of esters is 1. The van der Waals surface area contributed by atoms with Gasteiger partial charge in [-0.25, -0.2) is 4.79 Å². The van der Waals surface area contributed by atoms with Crippen molar-refractivity contribution in [1.82, 2.24) is 4.90 Å². The van der Waals surface area contributed by atoms with Crippen LogP contribution in [0, 0.1) is 35.5 Å². The molecule has 1 saturated carbocycles. The molecule has 16 atom stereocenters. The molecule has 0 aromatic rings. The average molecular weight is 1030 g/mol. The summed E-state index contributed by atoms with van der Waals surface area (Å²) in [5, 5.41) is 23.5. The van der Waals surface area contributed by atoms with Gasteiger partial charge in [-0.05, 0) is 121 Å². The summed E-state index contributed by atoms with van der Waals surface area (Å²) in [6.45, 7) is 17.7. The van der Waals surface area contributed by atoms with Gasteiger partial charge in [-0.2, -0.15) is 0 Å². The van der Waals surface area contributed by atoms with Crippen LogP contribution in [0.1, 0.15) is 139 Å². The first-order chi connectivity index (χ1) is 33.9. The van der Waals surface area contributed by atoms with E-state index in [9.17, 15) is 38.8 Å². The second-order valence-electron chi connectivity index (χ2n) is 21.6. The van der Waals surface area contributed by atoms with Gasteiger partial charge in [0.2, 0.25) is 5.79 Å². The van der Waals surface area contributed by atoms with E-state index in [1.165, 1.54) is 18.7 Å². The zero-order valence-electron chi connectivity index (χ0n) is 45.4. The zero-order chi connectivity index (χ0) is 53.7. The lowest BCUT2D eigenvalue weighted by Crippen LogP contribution is -2.61. The van der Waals surface area contributed by atoms with Gasteiger partial charge in [-0.15, -0.1) is 0 Å². The number of fused-ring (bicyclic) bond motifs is 3. The van der Waals surface area contributed by atoms with Crippen LogP contribution in [0.4, 0.5) is 0 Å². The van der Waals surface area contributed by atoms with Gasteiger partial charge in [0.25, 0.3) is 11.7 Å². The van der Waals surface area contributed by atoms with Crippen molar-refractivity contribution in [3.05, 3.63) is 47.6 Å². The standard InChI is InChI=1S/C55H88NO15P/c1-33(2)70-72(13,64)71-45-25-23-41(30-48(45)66-11)29-37(6)47-32-44(57)36(5)28-39(8)50(59)51(67-12)49(58)38(7)27-34(3)19-15-14-16-20-35(4)46(65-10)31-42-24-22-40(9)55(63,69-42)52(60)53(61)56-26-18-17-21-43(56)54(62)68-47/h14-16,19-20,28,33-34,36-38,40-43,45-48,50-51,59,63H,17-18,21-27,29-32H2,1-13H3/b16-14?,19-15+,35-20?,39-28+/t34-,36-,37-,38-,40-,41?,42+,43+,45-,46+,47?,48-,50-,51+,55-,72?/m1/s1. The number of rotatable bonds is 10. The van der Waals surface area contributed by atoms with E-state index in [0.29, 0.717) is 69.8 Å². The number of amides is 1. The molecule has 3 aliphatic heterocycles. The van der Waals surface area contributed by atoms with E-state index in [0.717, 1.165) is 5.57 Å². The molecule has 0 aromatic heterocycles. The smallest absolute Gasteiger partial charge is 0.329 e. The molecule has 17 heteroatoms. The molecule has 2 N–H and O–H groups in total. The first kappa shape index (κ1) is 61.4. The summed E-state index contributed by atoms with van der Waals surface area (Å²) < 4.78 is 54.6. The van der Waals surface area contributed by atoms with E-state index in [4.69, 9.17) is 32.7 Å². The van der Waals surface area contributed by atoms with Crippen LogP contribution >= 0.6 is 7.60 Å². The third-order valence-corrected chi connectivity index (χ3v) is 16.6. The molecular weight excluding hydrogens is 946 g/mol. The van der Waals surface area contributed by atoms with Gasteiger partial charge >= 0.3 is 13.6 Å². The van der Waals surface area contributed by atoms with Crippen LogP contribution in [0.3, 0.4) is 0 Å². The van der Waals surface area contributed by atoms with Crippen LogP contribution < -0.4 is 0 Å². The molecule has 408 valence electrons. The Bertz CT molecular complexity index is 2020. The number of hydrogen-bond donors (Lipinski definition) is 2. The zero-order valence-corrected chi connectivity index (χ0v) is 46.3. The minimum atomic E-state index is -3.37. The summed E-state index contributed by atoms with van der Waals surface area (Å²) in [5.41, 5.74) is 1.24. The van der Waals surface area contributed by atoms with Gasteiger partial charge in [-0.1, -0.05) is 71.1 Å². The second kappa shape index (κ2) is 28.1. The maximum atomic E-state index is 14.5. The molecule has 3 heterocycles. The van der Waals surface area contributed by atoms with Crippen molar-refractivity contribution in [3.8, 4) is 0 Å². The lowest BCUT2D eigenvalue weighted by atomic mass is 9.78. The topological polar surface area (TPSA) is 211 Å². The lowest BCUT2D eigenvalue weighted by molar-refractivity contribution is -0.265. The van der Waals surface area contributed by atoms with Crippen molar-refractivity contribution in [3.63, 3.8) is 0 Å². The molecule has 0 radical (unpaired) electrons. The summed E-state index contributed by atoms with van der Waals surface area (Å²) in [4.78, 5) is 72.5. The number of allylic oxidation sites excluding steroid dienone is 6. The van der Waals surface area contributed by atoms with Crippen LogP contribution in [0.25, 0.3) is 0 Å². The third-order valence-electron chi connectivity index (χ3n) is 15.2. The molecule has 72 heavy (non-hydrogen) atoms. The first-order valence-corrected chi connectivity index (χ1v) is 28.3. The highest BCUT2D eigenvalue weighted by Crippen LogP contribution is 2.49. The highest BCUT2D eigenvalue weighted by Gasteiger charge is 2.53. The van der Waals surface area contributed by atoms with Crippen LogP contribution in [-0.2, 0) is 61.3 Å². The minimum absolute atomic E-state index is 0.00576. The van der Waals surface area contributed by atoms with Gasteiger partial charge in [0.1, 0.15) is 30.1 Å². The molecule has 4 rings (SSSR count). The third kappa shape index (κ3) is 16.9. The molecular formula is C55H88NO15P. The minimum Gasteiger partial charge on any atom is -0.460 e. The molecule has 3 fully saturated rings. The predicted molar refractivity (Wildman–Crippen MR) is 274 cm³/mol. The monoisotopic (exact) mass is 1030 g/mol. The normalized spacial score (nSPS) is 37.5. The predicted octanol–water partition coefficient (Wildman–Crippen LogP) is 8.45. The molecule has 0 aromatic carbocycles. The number of carbonyl (C=O) groups is 5. The van der Waals surface area contributed by atoms with Crippen LogP contribution in [0.15, 0.2) is 47.6 Å². The Balaban J connectivity index is 1.70. The van der Waals surface area contributed by atoms with Crippen LogP contribution in [-0.4, -0.2) is 140 Å². The maximum Gasteiger partial charge on any atom is 0.329 e. The van der Waals surface area contributed by atoms with Crippen LogP contribution in [0.5, 0.6) is 0 Å². The number of methoxy groups -OCH3 is 3. The highest BCUT2D eigenvalue weighted by atomic mass is 31.2. The fraction of sp³-hybridized carbons (Fsp3) is 0.764. The number of ketones is 3. The number of Topliss-reactive ketones (excluding diaryl/α,β-unsaturated/α-hetero) is 3.